The van der Waals surface area contributed by atoms with Gasteiger partial charge in [-0.3, -0.25) is 10.1 Å². The second kappa shape index (κ2) is 4.80. The SMILES string of the molecule is CC1(C)[C@@H]2CC[C@@]1(C)[C@H](OC(=O)c1ccc([N+](=O)[O-])cc1)C2. The van der Waals surface area contributed by atoms with Crippen molar-refractivity contribution in [2.24, 2.45) is 16.7 Å². The highest BCUT2D eigenvalue weighted by molar-refractivity contribution is 5.89. The van der Waals surface area contributed by atoms with Crippen molar-refractivity contribution in [3.8, 4) is 0 Å². The van der Waals surface area contributed by atoms with Crippen molar-refractivity contribution in [3.63, 3.8) is 0 Å². The molecule has 2 saturated carbocycles. The van der Waals surface area contributed by atoms with Gasteiger partial charge in [0.05, 0.1) is 10.5 Å². The summed E-state index contributed by atoms with van der Waals surface area (Å²) in [7, 11) is 0. The molecule has 118 valence electrons. The predicted octanol–water partition coefficient (Wildman–Crippen LogP) is 3.97. The van der Waals surface area contributed by atoms with Crippen molar-refractivity contribution in [2.75, 3.05) is 0 Å². The van der Waals surface area contributed by atoms with E-state index in [1.807, 2.05) is 0 Å². The largest absolute Gasteiger partial charge is 0.458 e. The van der Waals surface area contributed by atoms with E-state index in [4.69, 9.17) is 4.74 Å². The van der Waals surface area contributed by atoms with Gasteiger partial charge < -0.3 is 4.74 Å². The number of rotatable bonds is 3. The average Bonchev–Trinajstić information content (AvgIpc) is 2.80. The third-order valence-corrected chi connectivity index (χ3v) is 6.28. The smallest absolute Gasteiger partial charge is 0.338 e. The Hall–Kier alpha value is -1.91. The highest BCUT2D eigenvalue weighted by Gasteiger charge is 2.62. The lowest BCUT2D eigenvalue weighted by Gasteiger charge is -2.38. The second-order valence-electron chi connectivity index (χ2n) is 7.31. The number of benzene rings is 1. The predicted molar refractivity (Wildman–Crippen MR) is 81.5 cm³/mol. The number of nitro groups is 1. The first kappa shape index (κ1) is 15.0. The molecule has 0 heterocycles. The van der Waals surface area contributed by atoms with Crippen LogP contribution in [-0.4, -0.2) is 17.0 Å². The van der Waals surface area contributed by atoms with Crippen LogP contribution in [0.25, 0.3) is 0 Å². The molecule has 0 unspecified atom stereocenters. The first-order valence-electron chi connectivity index (χ1n) is 7.71. The summed E-state index contributed by atoms with van der Waals surface area (Å²) in [6.07, 6.45) is 3.14. The molecule has 2 fully saturated rings. The molecule has 0 radical (unpaired) electrons. The minimum atomic E-state index is -0.478. The van der Waals surface area contributed by atoms with Crippen LogP contribution in [0.4, 0.5) is 5.69 Å². The molecule has 5 nitrogen and oxygen atoms in total. The van der Waals surface area contributed by atoms with Gasteiger partial charge in [0.2, 0.25) is 0 Å². The van der Waals surface area contributed by atoms with E-state index >= 15 is 0 Å². The Bertz CT molecular complexity index is 622. The topological polar surface area (TPSA) is 69.4 Å². The maximum atomic E-state index is 12.3. The Labute approximate surface area is 129 Å². The number of nitrogens with zero attached hydrogens (tertiary/aromatic N) is 1. The number of ether oxygens (including phenoxy) is 1. The van der Waals surface area contributed by atoms with Crippen molar-refractivity contribution < 1.29 is 14.5 Å². The summed E-state index contributed by atoms with van der Waals surface area (Å²) in [5.74, 6) is 0.219. The maximum Gasteiger partial charge on any atom is 0.338 e. The van der Waals surface area contributed by atoms with Crippen LogP contribution >= 0.6 is 0 Å². The van der Waals surface area contributed by atoms with Crippen molar-refractivity contribution in [1.82, 2.24) is 0 Å². The normalized spacial score (nSPS) is 32.0. The summed E-state index contributed by atoms with van der Waals surface area (Å²) >= 11 is 0. The summed E-state index contributed by atoms with van der Waals surface area (Å²) < 4.78 is 5.76. The van der Waals surface area contributed by atoms with Gasteiger partial charge in [-0.1, -0.05) is 20.8 Å². The Morgan fingerprint density at radius 3 is 2.36 bits per heavy atom. The van der Waals surface area contributed by atoms with Crippen LogP contribution < -0.4 is 0 Å². The van der Waals surface area contributed by atoms with E-state index in [9.17, 15) is 14.9 Å². The van der Waals surface area contributed by atoms with E-state index in [1.54, 1.807) is 0 Å². The molecular weight excluding hydrogens is 282 g/mol. The zero-order chi connectivity index (χ0) is 16.1. The molecule has 2 aliphatic carbocycles. The molecule has 5 heteroatoms. The average molecular weight is 303 g/mol. The number of carbonyl (C=O) groups is 1. The molecule has 3 rings (SSSR count). The highest BCUT2D eigenvalue weighted by Crippen LogP contribution is 2.66. The molecule has 22 heavy (non-hydrogen) atoms. The number of hydrogen-bond donors (Lipinski definition) is 0. The molecule has 1 aromatic carbocycles. The van der Waals surface area contributed by atoms with Gasteiger partial charge in [0.15, 0.2) is 0 Å². The van der Waals surface area contributed by atoms with Gasteiger partial charge in [-0.15, -0.1) is 0 Å². The Morgan fingerprint density at radius 1 is 1.27 bits per heavy atom. The van der Waals surface area contributed by atoms with Crippen molar-refractivity contribution >= 4 is 11.7 Å². The van der Waals surface area contributed by atoms with E-state index in [0.717, 1.165) is 12.8 Å². The molecular formula is C17H21NO4. The van der Waals surface area contributed by atoms with Crippen molar-refractivity contribution in [3.05, 3.63) is 39.9 Å². The number of non-ortho nitro benzene ring substituents is 1. The molecule has 0 amide bonds. The first-order chi connectivity index (χ1) is 10.3. The second-order valence-corrected chi connectivity index (χ2v) is 7.31. The van der Waals surface area contributed by atoms with Crippen molar-refractivity contribution in [1.29, 1.82) is 0 Å². The highest BCUT2D eigenvalue weighted by atomic mass is 16.6. The summed E-state index contributed by atoms with van der Waals surface area (Å²) in [6.45, 7) is 6.75. The molecule has 0 saturated heterocycles. The Kier molecular flexibility index (Phi) is 3.27. The van der Waals surface area contributed by atoms with Gasteiger partial charge >= 0.3 is 5.97 Å². The monoisotopic (exact) mass is 303 g/mol. The molecule has 0 aromatic heterocycles. The summed E-state index contributed by atoms with van der Waals surface area (Å²) in [5.41, 5.74) is 0.556. The van der Waals surface area contributed by atoms with Gasteiger partial charge in [0, 0.05) is 17.5 Å². The number of carbonyl (C=O) groups excluding carboxylic acids is 1. The fraction of sp³-hybridized carbons (Fsp3) is 0.588. The zero-order valence-electron chi connectivity index (χ0n) is 13.2. The van der Waals surface area contributed by atoms with Gasteiger partial charge in [-0.2, -0.15) is 0 Å². The third kappa shape index (κ3) is 2.02. The standard InChI is InChI=1S/C17H21NO4/c1-16(2)12-8-9-17(16,3)14(10-12)22-15(19)11-4-6-13(7-5-11)18(20)21/h4-7,12,14H,8-10H2,1-3H3/t12-,14-,17+/m1/s1. The van der Waals surface area contributed by atoms with Crippen LogP contribution in [0.3, 0.4) is 0 Å². The molecule has 3 atom stereocenters. The molecule has 2 bridgehead atoms. The fourth-order valence-electron chi connectivity index (χ4n) is 4.22. The fourth-order valence-corrected chi connectivity index (χ4v) is 4.22. The van der Waals surface area contributed by atoms with E-state index in [2.05, 4.69) is 20.8 Å². The quantitative estimate of drug-likeness (QED) is 0.481. The van der Waals surface area contributed by atoms with Crippen molar-refractivity contribution in [2.45, 2.75) is 46.1 Å². The zero-order valence-corrected chi connectivity index (χ0v) is 13.2. The molecule has 2 aliphatic rings. The Balaban J connectivity index is 1.74. The molecule has 0 N–H and O–H groups in total. The molecule has 0 aliphatic heterocycles. The molecule has 0 spiro atoms. The summed E-state index contributed by atoms with van der Waals surface area (Å²) in [6, 6.07) is 5.59. The van der Waals surface area contributed by atoms with Crippen LogP contribution in [-0.2, 0) is 4.74 Å². The Morgan fingerprint density at radius 2 is 1.91 bits per heavy atom. The van der Waals surface area contributed by atoms with E-state index < -0.39 is 4.92 Å². The number of nitro benzene ring substituents is 1. The third-order valence-electron chi connectivity index (χ3n) is 6.28. The molecule has 1 aromatic rings. The number of esters is 1. The van der Waals surface area contributed by atoms with Crippen LogP contribution in [0.2, 0.25) is 0 Å². The van der Waals surface area contributed by atoms with Crippen LogP contribution in [0.15, 0.2) is 24.3 Å². The van der Waals surface area contributed by atoms with Gasteiger partial charge in [0.25, 0.3) is 5.69 Å². The maximum absolute atomic E-state index is 12.3. The van der Waals surface area contributed by atoms with E-state index in [-0.39, 0.29) is 28.6 Å². The van der Waals surface area contributed by atoms with Gasteiger partial charge in [-0.25, -0.2) is 4.79 Å². The van der Waals surface area contributed by atoms with Crippen LogP contribution in [0, 0.1) is 26.9 Å². The van der Waals surface area contributed by atoms with Gasteiger partial charge in [0.1, 0.15) is 6.10 Å². The number of hydrogen-bond acceptors (Lipinski definition) is 4. The summed E-state index contributed by atoms with van der Waals surface area (Å²) in [5, 5.41) is 10.7. The number of fused-ring (bicyclic) bond motifs is 2. The summed E-state index contributed by atoms with van der Waals surface area (Å²) in [4.78, 5) is 22.5. The van der Waals surface area contributed by atoms with Gasteiger partial charge in [-0.05, 0) is 42.7 Å². The van der Waals surface area contributed by atoms with E-state index in [1.165, 1.54) is 30.7 Å². The lowest BCUT2D eigenvalue weighted by atomic mass is 9.70. The lowest BCUT2D eigenvalue weighted by Crippen LogP contribution is -2.38. The minimum absolute atomic E-state index is 0.0219. The van der Waals surface area contributed by atoms with Crippen LogP contribution in [0.5, 0.6) is 0 Å². The first-order valence-corrected chi connectivity index (χ1v) is 7.71. The lowest BCUT2D eigenvalue weighted by molar-refractivity contribution is -0.384. The van der Waals surface area contributed by atoms with Crippen LogP contribution in [0.1, 0.15) is 50.4 Å². The minimum Gasteiger partial charge on any atom is -0.458 e. The van der Waals surface area contributed by atoms with E-state index in [0.29, 0.717) is 11.5 Å².